The number of amides is 1. The molecule has 6 heteroatoms. The van der Waals surface area contributed by atoms with E-state index in [1.54, 1.807) is 12.1 Å². The number of rotatable bonds is 2. The van der Waals surface area contributed by atoms with Crippen molar-refractivity contribution >= 4 is 11.6 Å². The number of hydrogen-bond donors (Lipinski definition) is 2. The number of benzene rings is 1. The summed E-state index contributed by atoms with van der Waals surface area (Å²) >= 11 is 0. The van der Waals surface area contributed by atoms with Gasteiger partial charge in [-0.2, -0.15) is 5.10 Å². The molecule has 1 heterocycles. The highest BCUT2D eigenvalue weighted by Gasteiger charge is 2.17. The molecule has 0 atom stereocenters. The Morgan fingerprint density at radius 1 is 1.32 bits per heavy atom. The van der Waals surface area contributed by atoms with Gasteiger partial charge in [-0.1, -0.05) is 17.7 Å². The highest BCUT2D eigenvalue weighted by Crippen LogP contribution is 2.14. The standard InChI is InChI=1S/C13H13N3O3/c1-8-3-5-9(6-4-8)15-12(18)11-10(17)7-14-16(2)13(11)19/h3-7,17H,1-2H3,(H,15,18). The monoisotopic (exact) mass is 259 g/mol. The SMILES string of the molecule is Cc1ccc(NC(=O)c2c(O)cnn(C)c2=O)cc1. The van der Waals surface area contributed by atoms with E-state index in [1.165, 1.54) is 7.05 Å². The molecule has 0 spiro atoms. The van der Waals surface area contributed by atoms with Crippen LogP contribution in [-0.2, 0) is 7.05 Å². The highest BCUT2D eigenvalue weighted by atomic mass is 16.3. The molecule has 0 unspecified atom stereocenters. The Hall–Kier alpha value is -2.63. The number of aromatic hydroxyl groups is 1. The van der Waals surface area contributed by atoms with Crippen molar-refractivity contribution in [1.82, 2.24) is 9.78 Å². The zero-order valence-corrected chi connectivity index (χ0v) is 10.5. The van der Waals surface area contributed by atoms with Gasteiger partial charge >= 0.3 is 0 Å². The second-order valence-corrected chi connectivity index (χ2v) is 4.15. The maximum Gasteiger partial charge on any atom is 0.283 e. The molecular formula is C13H13N3O3. The fourth-order valence-electron chi connectivity index (χ4n) is 1.57. The number of nitrogens with one attached hydrogen (secondary N) is 1. The van der Waals surface area contributed by atoms with E-state index in [0.29, 0.717) is 5.69 Å². The Labute approximate surface area is 109 Å². The second-order valence-electron chi connectivity index (χ2n) is 4.15. The molecule has 0 fully saturated rings. The molecule has 0 saturated carbocycles. The van der Waals surface area contributed by atoms with Crippen molar-refractivity contribution in [2.45, 2.75) is 6.92 Å². The molecule has 19 heavy (non-hydrogen) atoms. The Morgan fingerprint density at radius 2 is 1.95 bits per heavy atom. The average Bonchev–Trinajstić information content (AvgIpc) is 2.37. The van der Waals surface area contributed by atoms with Gasteiger partial charge in [-0.25, -0.2) is 4.68 Å². The van der Waals surface area contributed by atoms with Crippen molar-refractivity contribution in [1.29, 1.82) is 0 Å². The van der Waals surface area contributed by atoms with Crippen LogP contribution >= 0.6 is 0 Å². The number of carbonyl (C=O) groups excluding carboxylic acids is 1. The summed E-state index contributed by atoms with van der Waals surface area (Å²) in [6.45, 7) is 1.93. The summed E-state index contributed by atoms with van der Waals surface area (Å²) in [6, 6.07) is 7.10. The molecule has 0 aliphatic rings. The van der Waals surface area contributed by atoms with Crippen LogP contribution in [0.3, 0.4) is 0 Å². The van der Waals surface area contributed by atoms with E-state index >= 15 is 0 Å². The van der Waals surface area contributed by atoms with E-state index in [4.69, 9.17) is 0 Å². The van der Waals surface area contributed by atoms with Gasteiger partial charge in [0.15, 0.2) is 5.75 Å². The van der Waals surface area contributed by atoms with E-state index in [-0.39, 0.29) is 5.56 Å². The average molecular weight is 259 g/mol. The minimum Gasteiger partial charge on any atom is -0.505 e. The van der Waals surface area contributed by atoms with Gasteiger partial charge in [0.25, 0.3) is 11.5 Å². The molecular weight excluding hydrogens is 246 g/mol. The lowest BCUT2D eigenvalue weighted by Gasteiger charge is -2.07. The van der Waals surface area contributed by atoms with E-state index in [0.717, 1.165) is 16.4 Å². The van der Waals surface area contributed by atoms with Crippen LogP contribution in [0.2, 0.25) is 0 Å². The van der Waals surface area contributed by atoms with Crippen molar-refractivity contribution in [2.24, 2.45) is 7.05 Å². The molecule has 1 amide bonds. The van der Waals surface area contributed by atoms with E-state index in [2.05, 4.69) is 10.4 Å². The first-order valence-electron chi connectivity index (χ1n) is 5.62. The van der Waals surface area contributed by atoms with Gasteiger partial charge in [0.2, 0.25) is 0 Å². The number of aryl methyl sites for hydroxylation is 2. The first kappa shape index (κ1) is 12.8. The fraction of sp³-hybridized carbons (Fsp3) is 0.154. The molecule has 2 aromatic rings. The summed E-state index contributed by atoms with van der Waals surface area (Å²) in [6.07, 6.45) is 1.06. The lowest BCUT2D eigenvalue weighted by molar-refractivity contribution is 0.102. The molecule has 98 valence electrons. The maximum absolute atomic E-state index is 12.0. The normalized spacial score (nSPS) is 10.2. The second kappa shape index (κ2) is 4.93. The lowest BCUT2D eigenvalue weighted by atomic mass is 10.2. The van der Waals surface area contributed by atoms with E-state index in [1.807, 2.05) is 19.1 Å². The molecule has 1 aromatic heterocycles. The predicted molar refractivity (Wildman–Crippen MR) is 70.3 cm³/mol. The van der Waals surface area contributed by atoms with Crippen molar-refractivity contribution in [3.63, 3.8) is 0 Å². The van der Waals surface area contributed by atoms with Gasteiger partial charge in [-0.15, -0.1) is 0 Å². The first-order chi connectivity index (χ1) is 8.99. The number of carbonyl (C=O) groups is 1. The Kier molecular flexibility index (Phi) is 3.33. The molecule has 0 radical (unpaired) electrons. The molecule has 1 aromatic carbocycles. The maximum atomic E-state index is 12.0. The molecule has 0 bridgehead atoms. The summed E-state index contributed by atoms with van der Waals surface area (Å²) in [7, 11) is 1.41. The number of nitrogens with zero attached hydrogens (tertiary/aromatic N) is 2. The summed E-state index contributed by atoms with van der Waals surface area (Å²) in [5.74, 6) is -1.10. The number of anilines is 1. The Bertz CT molecular complexity index is 675. The van der Waals surface area contributed by atoms with Crippen molar-refractivity contribution < 1.29 is 9.90 Å². The van der Waals surface area contributed by atoms with Crippen LogP contribution < -0.4 is 10.9 Å². The van der Waals surface area contributed by atoms with Crippen LogP contribution in [0.25, 0.3) is 0 Å². The first-order valence-corrected chi connectivity index (χ1v) is 5.62. The zero-order valence-electron chi connectivity index (χ0n) is 10.5. The Balaban J connectivity index is 2.33. The quantitative estimate of drug-likeness (QED) is 0.844. The van der Waals surface area contributed by atoms with Crippen LogP contribution in [0.5, 0.6) is 5.75 Å². The molecule has 0 saturated heterocycles. The van der Waals surface area contributed by atoms with Gasteiger partial charge in [-0.05, 0) is 19.1 Å². The van der Waals surface area contributed by atoms with Crippen LogP contribution in [-0.4, -0.2) is 20.8 Å². The van der Waals surface area contributed by atoms with Crippen LogP contribution in [0.4, 0.5) is 5.69 Å². The van der Waals surface area contributed by atoms with Crippen LogP contribution in [0.1, 0.15) is 15.9 Å². The summed E-state index contributed by atoms with van der Waals surface area (Å²) < 4.78 is 0.990. The van der Waals surface area contributed by atoms with Gasteiger partial charge < -0.3 is 10.4 Å². The van der Waals surface area contributed by atoms with Gasteiger partial charge in [0.1, 0.15) is 5.56 Å². The van der Waals surface area contributed by atoms with Crippen LogP contribution in [0.15, 0.2) is 35.3 Å². The predicted octanol–water partition coefficient (Wildman–Crippen LogP) is 1.05. The summed E-state index contributed by atoms with van der Waals surface area (Å²) in [5.41, 5.74) is 0.636. The van der Waals surface area contributed by atoms with Gasteiger partial charge in [-0.3, -0.25) is 9.59 Å². The van der Waals surface area contributed by atoms with Crippen molar-refractivity contribution in [3.8, 4) is 5.75 Å². The number of hydrogen-bond acceptors (Lipinski definition) is 4. The number of aromatic nitrogens is 2. The zero-order chi connectivity index (χ0) is 14.0. The Morgan fingerprint density at radius 3 is 2.58 bits per heavy atom. The smallest absolute Gasteiger partial charge is 0.283 e. The van der Waals surface area contributed by atoms with Crippen molar-refractivity contribution in [2.75, 3.05) is 5.32 Å². The van der Waals surface area contributed by atoms with Gasteiger partial charge in [0.05, 0.1) is 6.20 Å². The molecule has 0 aliphatic heterocycles. The van der Waals surface area contributed by atoms with E-state index in [9.17, 15) is 14.7 Å². The summed E-state index contributed by atoms with van der Waals surface area (Å²) in [4.78, 5) is 23.7. The topological polar surface area (TPSA) is 84.2 Å². The summed E-state index contributed by atoms with van der Waals surface area (Å²) in [5, 5.41) is 15.7. The molecule has 0 aliphatic carbocycles. The van der Waals surface area contributed by atoms with E-state index < -0.39 is 17.2 Å². The third kappa shape index (κ3) is 2.62. The van der Waals surface area contributed by atoms with Crippen molar-refractivity contribution in [3.05, 3.63) is 51.9 Å². The fourth-order valence-corrected chi connectivity index (χ4v) is 1.57. The molecule has 2 rings (SSSR count). The largest absolute Gasteiger partial charge is 0.505 e. The molecule has 2 N–H and O–H groups in total. The third-order valence-electron chi connectivity index (χ3n) is 2.65. The van der Waals surface area contributed by atoms with Crippen LogP contribution in [0, 0.1) is 6.92 Å². The highest BCUT2D eigenvalue weighted by molar-refractivity contribution is 6.05. The minimum atomic E-state index is -0.663. The molecule has 6 nitrogen and oxygen atoms in total. The minimum absolute atomic E-state index is 0.321. The third-order valence-corrected chi connectivity index (χ3v) is 2.65. The van der Waals surface area contributed by atoms with Gasteiger partial charge in [0, 0.05) is 12.7 Å². The lowest BCUT2D eigenvalue weighted by Crippen LogP contribution is -2.29.